The highest BCUT2D eigenvalue weighted by Crippen LogP contribution is 2.26. The Morgan fingerprint density at radius 3 is 2.67 bits per heavy atom. The minimum atomic E-state index is 0.0817. The largest absolute Gasteiger partial charge is 0.330 e. The predicted octanol–water partition coefficient (Wildman–Crippen LogP) is 2.63. The third-order valence-corrected chi connectivity index (χ3v) is 4.23. The van der Waals surface area contributed by atoms with Crippen molar-refractivity contribution in [2.75, 3.05) is 26.2 Å². The lowest BCUT2D eigenvalue weighted by atomic mass is 9.81. The third kappa shape index (κ3) is 3.12. The summed E-state index contributed by atoms with van der Waals surface area (Å²) in [5.41, 5.74) is 7.51. The lowest BCUT2D eigenvalue weighted by Crippen LogP contribution is -2.47. The molecule has 1 aliphatic rings. The van der Waals surface area contributed by atoms with Crippen molar-refractivity contribution in [3.05, 3.63) is 35.9 Å². The first kappa shape index (κ1) is 13.6. The first-order chi connectivity index (χ1) is 8.64. The van der Waals surface area contributed by atoms with Gasteiger partial charge in [0.25, 0.3) is 0 Å². The molecule has 0 amide bonds. The van der Waals surface area contributed by atoms with E-state index in [1.807, 2.05) is 0 Å². The highest BCUT2D eigenvalue weighted by atomic mass is 15.1. The minimum absolute atomic E-state index is 0.0817. The third-order valence-electron chi connectivity index (χ3n) is 4.23. The van der Waals surface area contributed by atoms with Crippen LogP contribution in [0.3, 0.4) is 0 Å². The van der Waals surface area contributed by atoms with Gasteiger partial charge in [0.2, 0.25) is 0 Å². The van der Waals surface area contributed by atoms with Gasteiger partial charge in [0.05, 0.1) is 0 Å². The van der Waals surface area contributed by atoms with Gasteiger partial charge in [0, 0.05) is 25.0 Å². The summed E-state index contributed by atoms with van der Waals surface area (Å²) in [4.78, 5) is 2.59. The van der Waals surface area contributed by atoms with E-state index < -0.39 is 0 Å². The van der Waals surface area contributed by atoms with Crippen LogP contribution in [0.15, 0.2) is 30.3 Å². The topological polar surface area (TPSA) is 29.3 Å². The van der Waals surface area contributed by atoms with E-state index in [1.54, 1.807) is 0 Å². The molecule has 2 unspecified atom stereocenters. The summed E-state index contributed by atoms with van der Waals surface area (Å²) in [5.74, 6) is 0.830. The summed E-state index contributed by atoms with van der Waals surface area (Å²) in [6.45, 7) is 8.89. The fourth-order valence-electron chi connectivity index (χ4n) is 3.04. The molecular weight excluding hydrogens is 220 g/mol. The number of nitrogens with two attached hydrogens (primary N) is 1. The van der Waals surface area contributed by atoms with Gasteiger partial charge in [-0.15, -0.1) is 0 Å². The quantitative estimate of drug-likeness (QED) is 0.885. The number of nitrogens with zero attached hydrogens (tertiary/aromatic N) is 1. The van der Waals surface area contributed by atoms with E-state index in [-0.39, 0.29) is 5.41 Å². The first-order valence-electron chi connectivity index (χ1n) is 7.12. The lowest BCUT2D eigenvalue weighted by molar-refractivity contribution is 0.151. The Kier molecular flexibility index (Phi) is 4.41. The second kappa shape index (κ2) is 5.85. The molecule has 1 heterocycles. The fourth-order valence-corrected chi connectivity index (χ4v) is 3.04. The average molecular weight is 246 g/mol. The molecule has 0 radical (unpaired) electrons. The van der Waals surface area contributed by atoms with Crippen LogP contribution in [0.2, 0.25) is 0 Å². The van der Waals surface area contributed by atoms with Crippen molar-refractivity contribution in [2.45, 2.75) is 32.1 Å². The van der Waals surface area contributed by atoms with E-state index in [0.717, 1.165) is 12.5 Å². The Morgan fingerprint density at radius 2 is 2.06 bits per heavy atom. The van der Waals surface area contributed by atoms with Gasteiger partial charge in [-0.3, -0.25) is 0 Å². The second-order valence-corrected chi connectivity index (χ2v) is 6.11. The molecule has 2 heteroatoms. The number of likely N-dealkylation sites (tertiary alicyclic amines) is 1. The Balaban J connectivity index is 2.08. The maximum Gasteiger partial charge on any atom is 0.0174 e. The van der Waals surface area contributed by atoms with Crippen molar-refractivity contribution in [3.8, 4) is 0 Å². The monoisotopic (exact) mass is 246 g/mol. The summed E-state index contributed by atoms with van der Waals surface area (Å²) in [6, 6.07) is 10.7. The van der Waals surface area contributed by atoms with E-state index in [0.29, 0.717) is 6.54 Å². The van der Waals surface area contributed by atoms with Crippen LogP contribution >= 0.6 is 0 Å². The van der Waals surface area contributed by atoms with Crippen LogP contribution in [0.25, 0.3) is 0 Å². The molecule has 0 saturated carbocycles. The summed E-state index contributed by atoms with van der Waals surface area (Å²) in [7, 11) is 0. The molecule has 100 valence electrons. The molecule has 1 aromatic rings. The molecule has 2 N–H and O–H groups in total. The molecule has 0 spiro atoms. The van der Waals surface area contributed by atoms with Crippen molar-refractivity contribution in [1.29, 1.82) is 0 Å². The van der Waals surface area contributed by atoms with Crippen molar-refractivity contribution >= 4 is 0 Å². The van der Waals surface area contributed by atoms with Crippen molar-refractivity contribution in [3.63, 3.8) is 0 Å². The summed E-state index contributed by atoms with van der Waals surface area (Å²) in [5, 5.41) is 0. The molecule has 0 aliphatic carbocycles. The van der Waals surface area contributed by atoms with Gasteiger partial charge >= 0.3 is 0 Å². The molecule has 1 saturated heterocycles. The molecule has 1 fully saturated rings. The smallest absolute Gasteiger partial charge is 0.0174 e. The number of hydrogen-bond donors (Lipinski definition) is 1. The SMILES string of the molecule is CC1CCCN(CC(C)(CN)c2ccccc2)C1. The van der Waals surface area contributed by atoms with Crippen LogP contribution in [-0.4, -0.2) is 31.1 Å². The van der Waals surface area contributed by atoms with Crippen LogP contribution in [0.4, 0.5) is 0 Å². The van der Waals surface area contributed by atoms with E-state index in [1.165, 1.54) is 31.5 Å². The van der Waals surface area contributed by atoms with Gasteiger partial charge in [-0.25, -0.2) is 0 Å². The van der Waals surface area contributed by atoms with Crippen LogP contribution in [0.1, 0.15) is 32.3 Å². The van der Waals surface area contributed by atoms with Crippen molar-refractivity contribution in [2.24, 2.45) is 11.7 Å². The first-order valence-corrected chi connectivity index (χ1v) is 7.12. The minimum Gasteiger partial charge on any atom is -0.330 e. The molecular formula is C16H26N2. The highest BCUT2D eigenvalue weighted by molar-refractivity contribution is 5.25. The molecule has 0 bridgehead atoms. The Morgan fingerprint density at radius 1 is 1.33 bits per heavy atom. The zero-order valence-electron chi connectivity index (χ0n) is 11.7. The van der Waals surface area contributed by atoms with Crippen LogP contribution in [-0.2, 0) is 5.41 Å². The number of benzene rings is 1. The van der Waals surface area contributed by atoms with Crippen LogP contribution < -0.4 is 5.73 Å². The van der Waals surface area contributed by atoms with Gasteiger partial charge in [-0.05, 0) is 30.9 Å². The molecule has 2 atom stereocenters. The normalized spacial score (nSPS) is 24.7. The van der Waals surface area contributed by atoms with E-state index >= 15 is 0 Å². The van der Waals surface area contributed by atoms with Crippen LogP contribution in [0.5, 0.6) is 0 Å². The van der Waals surface area contributed by atoms with Crippen molar-refractivity contribution in [1.82, 2.24) is 4.90 Å². The average Bonchev–Trinajstić information content (AvgIpc) is 2.39. The Bertz CT molecular complexity index is 363. The Labute approximate surface area is 111 Å². The maximum atomic E-state index is 6.06. The number of hydrogen-bond acceptors (Lipinski definition) is 2. The fraction of sp³-hybridized carbons (Fsp3) is 0.625. The summed E-state index contributed by atoms with van der Waals surface area (Å²) >= 11 is 0. The molecule has 18 heavy (non-hydrogen) atoms. The summed E-state index contributed by atoms with van der Waals surface area (Å²) < 4.78 is 0. The zero-order chi connectivity index (χ0) is 13.0. The second-order valence-electron chi connectivity index (χ2n) is 6.11. The zero-order valence-corrected chi connectivity index (χ0v) is 11.7. The van der Waals surface area contributed by atoms with E-state index in [4.69, 9.17) is 5.73 Å². The van der Waals surface area contributed by atoms with Gasteiger partial charge in [0.15, 0.2) is 0 Å². The lowest BCUT2D eigenvalue weighted by Gasteiger charge is -2.38. The standard InChI is InChI=1S/C16H26N2/c1-14-7-6-10-18(11-14)13-16(2,12-17)15-8-4-3-5-9-15/h3-5,8-9,14H,6-7,10-13,17H2,1-2H3. The summed E-state index contributed by atoms with van der Waals surface area (Å²) in [6.07, 6.45) is 2.71. The maximum absolute atomic E-state index is 6.06. The highest BCUT2D eigenvalue weighted by Gasteiger charge is 2.29. The van der Waals surface area contributed by atoms with E-state index in [2.05, 4.69) is 49.1 Å². The van der Waals surface area contributed by atoms with Gasteiger partial charge < -0.3 is 10.6 Å². The van der Waals surface area contributed by atoms with Crippen molar-refractivity contribution < 1.29 is 0 Å². The molecule has 1 aliphatic heterocycles. The van der Waals surface area contributed by atoms with Gasteiger partial charge in [0.1, 0.15) is 0 Å². The van der Waals surface area contributed by atoms with E-state index in [9.17, 15) is 0 Å². The number of piperidine rings is 1. The number of rotatable bonds is 4. The van der Waals surface area contributed by atoms with Gasteiger partial charge in [-0.2, -0.15) is 0 Å². The van der Waals surface area contributed by atoms with Gasteiger partial charge in [-0.1, -0.05) is 44.2 Å². The molecule has 1 aromatic carbocycles. The molecule has 2 rings (SSSR count). The predicted molar refractivity (Wildman–Crippen MR) is 77.7 cm³/mol. The van der Waals surface area contributed by atoms with Crippen LogP contribution in [0, 0.1) is 5.92 Å². The molecule has 2 nitrogen and oxygen atoms in total. The molecule has 0 aromatic heterocycles. The Hall–Kier alpha value is -0.860.